The molecule has 0 saturated heterocycles. The van der Waals surface area contributed by atoms with Crippen LogP contribution in [0.5, 0.6) is 11.5 Å². The van der Waals surface area contributed by atoms with Crippen molar-refractivity contribution < 1.29 is 13.9 Å². The van der Waals surface area contributed by atoms with E-state index in [2.05, 4.69) is 5.32 Å². The molecule has 0 radical (unpaired) electrons. The number of halogens is 1. The van der Waals surface area contributed by atoms with Crippen molar-refractivity contribution in [3.8, 4) is 11.5 Å². The van der Waals surface area contributed by atoms with E-state index >= 15 is 0 Å². The van der Waals surface area contributed by atoms with Crippen LogP contribution in [0.25, 0.3) is 0 Å². The Morgan fingerprint density at radius 1 is 1.05 bits per heavy atom. The Labute approximate surface area is 124 Å². The lowest BCUT2D eigenvalue weighted by Gasteiger charge is -2.18. The molecule has 1 unspecified atom stereocenters. The summed E-state index contributed by atoms with van der Waals surface area (Å²) < 4.78 is 23.9. The zero-order valence-corrected chi connectivity index (χ0v) is 12.5. The van der Waals surface area contributed by atoms with Gasteiger partial charge in [-0.1, -0.05) is 12.1 Å². The van der Waals surface area contributed by atoms with Crippen molar-refractivity contribution in [2.45, 2.75) is 12.5 Å². The summed E-state index contributed by atoms with van der Waals surface area (Å²) in [5, 5.41) is 3.26. The summed E-state index contributed by atoms with van der Waals surface area (Å²) in [6, 6.07) is 12.5. The number of benzene rings is 2. The van der Waals surface area contributed by atoms with Crippen LogP contribution in [0, 0.1) is 5.82 Å². The first-order valence-electron chi connectivity index (χ1n) is 6.81. The normalized spacial score (nSPS) is 12.0. The van der Waals surface area contributed by atoms with Crippen LogP contribution in [0.3, 0.4) is 0 Å². The monoisotopic (exact) mass is 289 g/mol. The molecule has 0 amide bonds. The maximum atomic E-state index is 13.3. The van der Waals surface area contributed by atoms with Crippen LogP contribution < -0.4 is 14.8 Å². The summed E-state index contributed by atoms with van der Waals surface area (Å²) in [5.41, 5.74) is 1.98. The van der Waals surface area contributed by atoms with E-state index in [0.29, 0.717) is 6.42 Å². The fourth-order valence-electron chi connectivity index (χ4n) is 2.32. The zero-order valence-electron chi connectivity index (χ0n) is 12.5. The van der Waals surface area contributed by atoms with Crippen molar-refractivity contribution in [3.05, 3.63) is 59.4 Å². The highest BCUT2D eigenvalue weighted by atomic mass is 19.1. The lowest BCUT2D eigenvalue weighted by Crippen LogP contribution is -2.19. The molecule has 2 rings (SSSR count). The smallest absolute Gasteiger partial charge is 0.123 e. The number of likely N-dealkylation sites (N-methyl/N-ethyl adjacent to an activating group) is 1. The number of ether oxygens (including phenoxy) is 2. The molecule has 0 bridgehead atoms. The van der Waals surface area contributed by atoms with Gasteiger partial charge in [-0.15, -0.1) is 0 Å². The number of hydrogen-bond acceptors (Lipinski definition) is 3. The Hall–Kier alpha value is -2.07. The Balaban J connectivity index is 2.28. The maximum absolute atomic E-state index is 13.3. The molecule has 2 aromatic carbocycles. The van der Waals surface area contributed by atoms with Crippen molar-refractivity contribution in [1.29, 1.82) is 0 Å². The Kier molecular flexibility index (Phi) is 5.17. The van der Waals surface area contributed by atoms with E-state index in [0.717, 1.165) is 22.6 Å². The van der Waals surface area contributed by atoms with Crippen LogP contribution in [-0.2, 0) is 6.42 Å². The van der Waals surface area contributed by atoms with E-state index in [-0.39, 0.29) is 11.9 Å². The van der Waals surface area contributed by atoms with Gasteiger partial charge in [0.1, 0.15) is 17.3 Å². The molecule has 1 N–H and O–H groups in total. The van der Waals surface area contributed by atoms with E-state index in [9.17, 15) is 4.39 Å². The van der Waals surface area contributed by atoms with Crippen LogP contribution >= 0.6 is 0 Å². The highest BCUT2D eigenvalue weighted by Gasteiger charge is 2.13. The quantitative estimate of drug-likeness (QED) is 0.884. The molecule has 112 valence electrons. The van der Waals surface area contributed by atoms with E-state index in [4.69, 9.17) is 9.47 Å². The molecule has 3 nitrogen and oxygen atoms in total. The lowest BCUT2D eigenvalue weighted by molar-refractivity contribution is 0.392. The Morgan fingerprint density at radius 3 is 2.24 bits per heavy atom. The largest absolute Gasteiger partial charge is 0.497 e. The summed E-state index contributed by atoms with van der Waals surface area (Å²) in [7, 11) is 5.13. The SMILES string of the molecule is CNC(Cc1cccc(F)c1)c1cc(OC)cc(OC)c1. The molecule has 4 heteroatoms. The van der Waals surface area contributed by atoms with Gasteiger partial charge in [0.25, 0.3) is 0 Å². The van der Waals surface area contributed by atoms with Gasteiger partial charge in [0.15, 0.2) is 0 Å². The number of hydrogen-bond donors (Lipinski definition) is 1. The minimum Gasteiger partial charge on any atom is -0.497 e. The zero-order chi connectivity index (χ0) is 15.2. The average molecular weight is 289 g/mol. The third-order valence-corrected chi connectivity index (χ3v) is 3.45. The first-order valence-corrected chi connectivity index (χ1v) is 6.81. The molecule has 2 aromatic rings. The van der Waals surface area contributed by atoms with Gasteiger partial charge in [-0.3, -0.25) is 0 Å². The van der Waals surface area contributed by atoms with Crippen molar-refractivity contribution >= 4 is 0 Å². The van der Waals surface area contributed by atoms with Crippen molar-refractivity contribution in [2.75, 3.05) is 21.3 Å². The van der Waals surface area contributed by atoms with Crippen LogP contribution in [-0.4, -0.2) is 21.3 Å². The molecule has 21 heavy (non-hydrogen) atoms. The van der Waals surface area contributed by atoms with Gasteiger partial charge in [-0.2, -0.15) is 0 Å². The van der Waals surface area contributed by atoms with E-state index in [1.807, 2.05) is 31.3 Å². The maximum Gasteiger partial charge on any atom is 0.123 e. The van der Waals surface area contributed by atoms with Crippen LogP contribution in [0.4, 0.5) is 4.39 Å². The molecular weight excluding hydrogens is 269 g/mol. The lowest BCUT2D eigenvalue weighted by atomic mass is 9.98. The molecule has 0 aromatic heterocycles. The molecular formula is C17H20FNO2. The second kappa shape index (κ2) is 7.09. The Morgan fingerprint density at radius 2 is 1.71 bits per heavy atom. The highest BCUT2D eigenvalue weighted by Crippen LogP contribution is 2.28. The summed E-state index contributed by atoms with van der Waals surface area (Å²) in [6.45, 7) is 0. The third-order valence-electron chi connectivity index (χ3n) is 3.45. The van der Waals surface area contributed by atoms with Crippen molar-refractivity contribution in [3.63, 3.8) is 0 Å². The molecule has 0 fully saturated rings. The van der Waals surface area contributed by atoms with E-state index in [1.54, 1.807) is 26.4 Å². The fourth-order valence-corrected chi connectivity index (χ4v) is 2.32. The minimum absolute atomic E-state index is 0.0517. The van der Waals surface area contributed by atoms with Gasteiger partial charge in [0.2, 0.25) is 0 Å². The van der Waals surface area contributed by atoms with Gasteiger partial charge in [0.05, 0.1) is 14.2 Å². The topological polar surface area (TPSA) is 30.5 Å². The Bertz CT molecular complexity index is 579. The van der Waals surface area contributed by atoms with Crippen molar-refractivity contribution in [2.24, 2.45) is 0 Å². The highest BCUT2D eigenvalue weighted by molar-refractivity contribution is 5.40. The van der Waals surface area contributed by atoms with Gasteiger partial charge >= 0.3 is 0 Å². The molecule has 0 aliphatic heterocycles. The summed E-state index contributed by atoms with van der Waals surface area (Å²) >= 11 is 0. The standard InChI is InChI=1S/C17H20FNO2/c1-19-17(8-12-5-4-6-14(18)7-12)13-9-15(20-2)11-16(10-13)21-3/h4-7,9-11,17,19H,8H2,1-3H3. The first kappa shape index (κ1) is 15.3. The number of methoxy groups -OCH3 is 2. The second-order valence-electron chi connectivity index (χ2n) is 4.82. The minimum atomic E-state index is -0.217. The van der Waals surface area contributed by atoms with Gasteiger partial charge in [-0.05, 0) is 48.9 Å². The third kappa shape index (κ3) is 3.95. The molecule has 0 aliphatic rings. The fraction of sp³-hybridized carbons (Fsp3) is 0.294. The number of nitrogens with one attached hydrogen (secondary N) is 1. The summed E-state index contributed by atoms with van der Waals surface area (Å²) in [5.74, 6) is 1.26. The predicted molar refractivity (Wildman–Crippen MR) is 81.5 cm³/mol. The molecule has 0 saturated carbocycles. The molecule has 1 atom stereocenters. The molecule has 0 aliphatic carbocycles. The van der Waals surface area contributed by atoms with E-state index in [1.165, 1.54) is 6.07 Å². The van der Waals surface area contributed by atoms with Gasteiger partial charge < -0.3 is 14.8 Å². The second-order valence-corrected chi connectivity index (χ2v) is 4.82. The van der Waals surface area contributed by atoms with E-state index < -0.39 is 0 Å². The number of rotatable bonds is 6. The van der Waals surface area contributed by atoms with Gasteiger partial charge in [-0.25, -0.2) is 4.39 Å². The predicted octanol–water partition coefficient (Wildman–Crippen LogP) is 3.35. The first-order chi connectivity index (χ1) is 10.2. The van der Waals surface area contributed by atoms with Crippen molar-refractivity contribution in [1.82, 2.24) is 5.32 Å². The average Bonchev–Trinajstić information content (AvgIpc) is 2.52. The van der Waals surface area contributed by atoms with Crippen LogP contribution in [0.15, 0.2) is 42.5 Å². The van der Waals surface area contributed by atoms with Crippen LogP contribution in [0.1, 0.15) is 17.2 Å². The van der Waals surface area contributed by atoms with Crippen LogP contribution in [0.2, 0.25) is 0 Å². The summed E-state index contributed by atoms with van der Waals surface area (Å²) in [4.78, 5) is 0. The molecule has 0 heterocycles. The summed E-state index contributed by atoms with van der Waals surface area (Å²) in [6.07, 6.45) is 0.685. The molecule has 0 spiro atoms. The van der Waals surface area contributed by atoms with Gasteiger partial charge in [0, 0.05) is 12.1 Å².